The van der Waals surface area contributed by atoms with E-state index in [1.165, 1.54) is 5.56 Å². The van der Waals surface area contributed by atoms with Crippen LogP contribution >= 0.6 is 0 Å². The summed E-state index contributed by atoms with van der Waals surface area (Å²) in [5.74, 6) is 6.48. The summed E-state index contributed by atoms with van der Waals surface area (Å²) in [4.78, 5) is 22.1. The van der Waals surface area contributed by atoms with Crippen LogP contribution in [0, 0.1) is 17.8 Å². The van der Waals surface area contributed by atoms with Crippen molar-refractivity contribution in [2.24, 2.45) is 5.92 Å². The van der Waals surface area contributed by atoms with Crippen LogP contribution in [0.3, 0.4) is 0 Å². The smallest absolute Gasteiger partial charge is 0.259 e. The Kier molecular flexibility index (Phi) is 8.95. The number of fused-ring (bicyclic) bond motifs is 1. The third-order valence-corrected chi connectivity index (χ3v) is 6.68. The van der Waals surface area contributed by atoms with Crippen molar-refractivity contribution in [1.82, 2.24) is 14.8 Å². The Morgan fingerprint density at radius 3 is 2.49 bits per heavy atom. The number of hydrogen-bond donors (Lipinski definition) is 1. The molecule has 1 N–H and O–H groups in total. The van der Waals surface area contributed by atoms with Crippen molar-refractivity contribution < 1.29 is 14.6 Å². The third-order valence-electron chi connectivity index (χ3n) is 6.68. The second-order valence-corrected chi connectivity index (χ2v) is 9.85. The summed E-state index contributed by atoms with van der Waals surface area (Å²) >= 11 is 0. The number of carbonyl (C=O) groups is 1. The van der Waals surface area contributed by atoms with E-state index in [-0.39, 0.29) is 30.6 Å². The van der Waals surface area contributed by atoms with E-state index in [0.29, 0.717) is 36.5 Å². The lowest BCUT2D eigenvalue weighted by atomic mass is 9.99. The molecule has 2 heterocycles. The number of pyridine rings is 1. The maximum Gasteiger partial charge on any atom is 0.259 e. The standard InChI is InChI=1S/C31H35N3O3/c1-23-19-34(24(2)22-35)31(36)28-17-27(16-10-15-25-11-6-4-7-12-25)18-32-30(28)37-29(23)21-33(3)20-26-13-8-5-9-14-26/h4-9,11-14,17-18,23-24,29,35H,15,19-22H2,1-3H3/t23-,24-,29+/m0/s1. The lowest BCUT2D eigenvalue weighted by Crippen LogP contribution is -2.49. The Morgan fingerprint density at radius 2 is 1.81 bits per heavy atom. The van der Waals surface area contributed by atoms with Gasteiger partial charge in [-0.2, -0.15) is 0 Å². The number of likely N-dealkylation sites (N-methyl/N-ethyl adjacent to an activating group) is 1. The summed E-state index contributed by atoms with van der Waals surface area (Å²) in [6.45, 7) is 5.77. The first kappa shape index (κ1) is 26.4. The number of carbonyl (C=O) groups excluding carboxylic acids is 1. The number of aromatic nitrogens is 1. The van der Waals surface area contributed by atoms with Gasteiger partial charge in [0.2, 0.25) is 5.88 Å². The highest BCUT2D eigenvalue weighted by atomic mass is 16.5. The first-order valence-corrected chi connectivity index (χ1v) is 12.8. The van der Waals surface area contributed by atoms with Gasteiger partial charge in [0.15, 0.2) is 0 Å². The molecule has 6 nitrogen and oxygen atoms in total. The molecule has 1 aromatic heterocycles. The number of amides is 1. The molecule has 0 radical (unpaired) electrons. The van der Waals surface area contributed by atoms with Gasteiger partial charge in [0, 0.05) is 43.7 Å². The highest BCUT2D eigenvalue weighted by Crippen LogP contribution is 2.27. The average molecular weight is 498 g/mol. The van der Waals surface area contributed by atoms with Crippen molar-refractivity contribution in [3.8, 4) is 17.7 Å². The Hall–Kier alpha value is -3.66. The van der Waals surface area contributed by atoms with Crippen LogP contribution in [0.2, 0.25) is 0 Å². The van der Waals surface area contributed by atoms with E-state index in [4.69, 9.17) is 4.74 Å². The molecule has 0 unspecified atom stereocenters. The molecule has 0 spiro atoms. The number of hydrogen-bond acceptors (Lipinski definition) is 5. The molecule has 0 aliphatic carbocycles. The van der Waals surface area contributed by atoms with E-state index in [9.17, 15) is 9.90 Å². The van der Waals surface area contributed by atoms with Crippen LogP contribution in [-0.2, 0) is 13.0 Å². The molecule has 192 valence electrons. The second-order valence-electron chi connectivity index (χ2n) is 9.85. The maximum absolute atomic E-state index is 13.6. The quantitative estimate of drug-likeness (QED) is 0.500. The number of nitrogens with zero attached hydrogens (tertiary/aromatic N) is 3. The molecule has 3 aromatic rings. The molecule has 1 aliphatic heterocycles. The second kappa shape index (κ2) is 12.5. The van der Waals surface area contributed by atoms with Gasteiger partial charge in [-0.3, -0.25) is 9.69 Å². The van der Waals surface area contributed by atoms with E-state index in [1.54, 1.807) is 17.2 Å². The van der Waals surface area contributed by atoms with Crippen LogP contribution < -0.4 is 4.74 Å². The normalized spacial score (nSPS) is 18.2. The fourth-order valence-corrected chi connectivity index (χ4v) is 4.50. The van der Waals surface area contributed by atoms with Crippen molar-refractivity contribution in [3.63, 3.8) is 0 Å². The molecule has 1 amide bonds. The number of benzene rings is 2. The Labute approximate surface area is 219 Å². The van der Waals surface area contributed by atoms with Crippen LogP contribution in [0.25, 0.3) is 0 Å². The van der Waals surface area contributed by atoms with Crippen molar-refractivity contribution in [2.75, 3.05) is 26.7 Å². The first-order chi connectivity index (χ1) is 17.9. The third kappa shape index (κ3) is 6.97. The summed E-state index contributed by atoms with van der Waals surface area (Å²) in [7, 11) is 2.07. The summed E-state index contributed by atoms with van der Waals surface area (Å²) in [6, 6.07) is 21.8. The van der Waals surface area contributed by atoms with Gasteiger partial charge in [-0.1, -0.05) is 79.4 Å². The molecule has 0 bridgehead atoms. The number of rotatable bonds is 7. The van der Waals surface area contributed by atoms with E-state index >= 15 is 0 Å². The lowest BCUT2D eigenvalue weighted by molar-refractivity contribution is 0.0325. The minimum Gasteiger partial charge on any atom is -0.472 e. The topological polar surface area (TPSA) is 65.9 Å². The molecule has 0 saturated heterocycles. The van der Waals surface area contributed by atoms with Gasteiger partial charge in [-0.25, -0.2) is 4.98 Å². The zero-order valence-electron chi connectivity index (χ0n) is 21.8. The zero-order valence-corrected chi connectivity index (χ0v) is 21.8. The van der Waals surface area contributed by atoms with Gasteiger partial charge in [-0.15, -0.1) is 0 Å². The largest absolute Gasteiger partial charge is 0.472 e. The monoisotopic (exact) mass is 497 g/mol. The van der Waals surface area contributed by atoms with Crippen molar-refractivity contribution >= 4 is 5.91 Å². The number of aliphatic hydroxyl groups is 1. The van der Waals surface area contributed by atoms with Crippen molar-refractivity contribution in [2.45, 2.75) is 39.0 Å². The Bertz CT molecular complexity index is 1240. The van der Waals surface area contributed by atoms with Gasteiger partial charge in [0.25, 0.3) is 5.91 Å². The van der Waals surface area contributed by atoms with Crippen molar-refractivity contribution in [1.29, 1.82) is 0 Å². The lowest BCUT2D eigenvalue weighted by Gasteiger charge is -2.37. The van der Waals surface area contributed by atoms with E-state index in [2.05, 4.69) is 47.8 Å². The fourth-order valence-electron chi connectivity index (χ4n) is 4.50. The molecule has 0 saturated carbocycles. The summed E-state index contributed by atoms with van der Waals surface area (Å²) in [6.07, 6.45) is 2.10. The molecule has 3 atom stereocenters. The molecule has 0 fully saturated rings. The van der Waals surface area contributed by atoms with E-state index < -0.39 is 0 Å². The minimum atomic E-state index is -0.323. The van der Waals surface area contributed by atoms with Crippen LogP contribution in [0.5, 0.6) is 5.88 Å². The SMILES string of the molecule is C[C@H]1CN([C@@H](C)CO)C(=O)c2cc(C#CCc3ccccc3)cnc2O[C@@H]1CN(C)Cc1ccccc1. The maximum atomic E-state index is 13.6. The van der Waals surface area contributed by atoms with Crippen LogP contribution in [-0.4, -0.2) is 64.7 Å². The highest BCUT2D eigenvalue weighted by Gasteiger charge is 2.34. The number of aliphatic hydroxyl groups excluding tert-OH is 1. The van der Waals surface area contributed by atoms with E-state index in [0.717, 1.165) is 12.1 Å². The average Bonchev–Trinajstić information content (AvgIpc) is 2.91. The van der Waals surface area contributed by atoms with Gasteiger partial charge >= 0.3 is 0 Å². The predicted molar refractivity (Wildman–Crippen MR) is 145 cm³/mol. The minimum absolute atomic E-state index is 0.0384. The molecule has 37 heavy (non-hydrogen) atoms. The zero-order chi connectivity index (χ0) is 26.2. The predicted octanol–water partition coefficient (Wildman–Crippen LogP) is 4.03. The van der Waals surface area contributed by atoms with Gasteiger partial charge < -0.3 is 14.7 Å². The van der Waals surface area contributed by atoms with Crippen molar-refractivity contribution in [3.05, 3.63) is 95.2 Å². The van der Waals surface area contributed by atoms with Crippen LogP contribution in [0.15, 0.2) is 72.9 Å². The Morgan fingerprint density at radius 1 is 1.14 bits per heavy atom. The fraction of sp³-hybridized carbons (Fsp3) is 0.355. The van der Waals surface area contributed by atoms with Gasteiger partial charge in [-0.05, 0) is 31.2 Å². The molecular weight excluding hydrogens is 462 g/mol. The van der Waals surface area contributed by atoms with Gasteiger partial charge in [0.1, 0.15) is 11.7 Å². The van der Waals surface area contributed by atoms with E-state index in [1.807, 2.05) is 55.5 Å². The molecule has 6 heteroatoms. The summed E-state index contributed by atoms with van der Waals surface area (Å²) in [5.41, 5.74) is 3.41. The molecular formula is C31H35N3O3. The van der Waals surface area contributed by atoms with Crippen LogP contribution in [0.1, 0.15) is 40.9 Å². The molecule has 4 rings (SSSR count). The van der Waals surface area contributed by atoms with Gasteiger partial charge in [0.05, 0.1) is 12.6 Å². The molecule has 2 aromatic carbocycles. The Balaban J connectivity index is 1.59. The summed E-state index contributed by atoms with van der Waals surface area (Å²) < 4.78 is 6.41. The number of ether oxygens (including phenoxy) is 1. The molecule has 1 aliphatic rings. The summed E-state index contributed by atoms with van der Waals surface area (Å²) in [5, 5.41) is 9.88. The van der Waals surface area contributed by atoms with Crippen LogP contribution in [0.4, 0.5) is 0 Å². The first-order valence-electron chi connectivity index (χ1n) is 12.8. The highest BCUT2D eigenvalue weighted by molar-refractivity contribution is 5.97.